The van der Waals surface area contributed by atoms with E-state index in [4.69, 9.17) is 11.5 Å². The minimum atomic E-state index is -0.228. The van der Waals surface area contributed by atoms with Gasteiger partial charge in [-0.2, -0.15) is 0 Å². The standard InChI is InChI=1S/C9H10Br2N2.ClH/c1-2-8(12)6-3-5(10)4-7(11)9(6)13;/h2-4,8H,1,12-13H2;1H/t8-;/m1./s1. The lowest BCUT2D eigenvalue weighted by molar-refractivity contribution is 0.916. The maximum atomic E-state index is 5.83. The van der Waals surface area contributed by atoms with Crippen molar-refractivity contribution in [3.63, 3.8) is 0 Å². The Labute approximate surface area is 106 Å². The highest BCUT2D eigenvalue weighted by Crippen LogP contribution is 2.31. The van der Waals surface area contributed by atoms with Crippen LogP contribution in [0.1, 0.15) is 11.6 Å². The fourth-order valence-corrected chi connectivity index (χ4v) is 2.27. The van der Waals surface area contributed by atoms with Gasteiger partial charge in [0.1, 0.15) is 0 Å². The second-order valence-electron chi connectivity index (χ2n) is 2.65. The largest absolute Gasteiger partial charge is 0.398 e. The van der Waals surface area contributed by atoms with Crippen molar-refractivity contribution in [1.29, 1.82) is 0 Å². The molecule has 1 aromatic carbocycles. The Morgan fingerprint density at radius 2 is 1.93 bits per heavy atom. The zero-order valence-corrected chi connectivity index (χ0v) is 11.3. The second-order valence-corrected chi connectivity index (χ2v) is 4.42. The lowest BCUT2D eigenvalue weighted by atomic mass is 10.1. The summed E-state index contributed by atoms with van der Waals surface area (Å²) in [6.07, 6.45) is 1.66. The Balaban J connectivity index is 0.00000169. The Bertz CT molecular complexity index is 342. The van der Waals surface area contributed by atoms with Crippen molar-refractivity contribution in [2.24, 2.45) is 5.73 Å². The molecule has 0 fully saturated rings. The van der Waals surface area contributed by atoms with Gasteiger partial charge in [0.2, 0.25) is 0 Å². The SMILES string of the molecule is C=C[C@@H](N)c1cc(Br)cc(Br)c1N.Cl. The van der Waals surface area contributed by atoms with Crippen molar-refractivity contribution in [2.45, 2.75) is 6.04 Å². The molecule has 0 aromatic heterocycles. The molecule has 0 heterocycles. The molecule has 14 heavy (non-hydrogen) atoms. The fourth-order valence-electron chi connectivity index (χ4n) is 1.01. The lowest BCUT2D eigenvalue weighted by Gasteiger charge is -2.12. The van der Waals surface area contributed by atoms with E-state index in [9.17, 15) is 0 Å². The van der Waals surface area contributed by atoms with Gasteiger partial charge < -0.3 is 11.5 Å². The molecule has 0 spiro atoms. The van der Waals surface area contributed by atoms with Crippen LogP contribution in [0.4, 0.5) is 5.69 Å². The molecule has 0 unspecified atom stereocenters. The molecule has 4 N–H and O–H groups in total. The minimum absolute atomic E-state index is 0. The van der Waals surface area contributed by atoms with Crippen LogP contribution in [0.5, 0.6) is 0 Å². The second kappa shape index (κ2) is 5.75. The molecular weight excluding hydrogens is 331 g/mol. The van der Waals surface area contributed by atoms with E-state index in [1.165, 1.54) is 0 Å². The van der Waals surface area contributed by atoms with E-state index in [2.05, 4.69) is 38.4 Å². The van der Waals surface area contributed by atoms with Gasteiger partial charge in [-0.05, 0) is 33.6 Å². The summed E-state index contributed by atoms with van der Waals surface area (Å²) in [4.78, 5) is 0. The summed E-state index contributed by atoms with van der Waals surface area (Å²) in [6.45, 7) is 3.63. The molecule has 1 aromatic rings. The molecule has 2 nitrogen and oxygen atoms in total. The van der Waals surface area contributed by atoms with Crippen LogP contribution in [-0.4, -0.2) is 0 Å². The van der Waals surface area contributed by atoms with E-state index < -0.39 is 0 Å². The quantitative estimate of drug-likeness (QED) is 0.639. The molecule has 0 aliphatic heterocycles. The third-order valence-corrected chi connectivity index (χ3v) is 2.85. The van der Waals surface area contributed by atoms with Crippen molar-refractivity contribution in [3.05, 3.63) is 39.3 Å². The summed E-state index contributed by atoms with van der Waals surface area (Å²) in [7, 11) is 0. The van der Waals surface area contributed by atoms with Crippen LogP contribution in [0.25, 0.3) is 0 Å². The van der Waals surface area contributed by atoms with E-state index in [0.29, 0.717) is 5.69 Å². The molecule has 0 aliphatic rings. The van der Waals surface area contributed by atoms with E-state index in [0.717, 1.165) is 14.5 Å². The predicted molar refractivity (Wildman–Crippen MR) is 70.6 cm³/mol. The van der Waals surface area contributed by atoms with Crippen LogP contribution >= 0.6 is 44.3 Å². The minimum Gasteiger partial charge on any atom is -0.398 e. The predicted octanol–water partition coefficient (Wildman–Crippen LogP) is 3.40. The first-order valence-electron chi connectivity index (χ1n) is 3.68. The Morgan fingerprint density at radius 3 is 2.43 bits per heavy atom. The first kappa shape index (κ1) is 14.0. The van der Waals surface area contributed by atoms with Gasteiger partial charge >= 0.3 is 0 Å². The first-order valence-corrected chi connectivity index (χ1v) is 5.27. The van der Waals surface area contributed by atoms with Gasteiger partial charge in [0, 0.05) is 15.0 Å². The highest BCUT2D eigenvalue weighted by molar-refractivity contribution is 9.11. The number of nitrogens with two attached hydrogens (primary N) is 2. The Morgan fingerprint density at radius 1 is 1.36 bits per heavy atom. The van der Waals surface area contributed by atoms with Crippen molar-refractivity contribution in [2.75, 3.05) is 5.73 Å². The molecule has 0 saturated carbocycles. The fraction of sp³-hybridized carbons (Fsp3) is 0.111. The molecule has 78 valence electrons. The lowest BCUT2D eigenvalue weighted by Crippen LogP contribution is -2.09. The molecule has 1 atom stereocenters. The molecule has 5 heteroatoms. The smallest absolute Gasteiger partial charge is 0.0510 e. The molecule has 0 aliphatic carbocycles. The van der Waals surface area contributed by atoms with E-state index >= 15 is 0 Å². The number of halogens is 3. The summed E-state index contributed by atoms with van der Waals surface area (Å²) in [5, 5.41) is 0. The first-order chi connectivity index (χ1) is 6.06. The molecule has 0 bridgehead atoms. The average molecular weight is 342 g/mol. The normalized spacial score (nSPS) is 11.6. The van der Waals surface area contributed by atoms with Crippen LogP contribution in [0.2, 0.25) is 0 Å². The van der Waals surface area contributed by atoms with Gasteiger partial charge in [0.15, 0.2) is 0 Å². The maximum absolute atomic E-state index is 5.83. The number of benzene rings is 1. The van der Waals surface area contributed by atoms with Gasteiger partial charge in [-0.3, -0.25) is 0 Å². The number of rotatable bonds is 2. The van der Waals surface area contributed by atoms with E-state index in [1.807, 2.05) is 12.1 Å². The average Bonchev–Trinajstić information content (AvgIpc) is 2.10. The van der Waals surface area contributed by atoms with Crippen molar-refractivity contribution in [3.8, 4) is 0 Å². The van der Waals surface area contributed by atoms with Gasteiger partial charge in [-0.15, -0.1) is 19.0 Å². The Kier molecular flexibility index (Phi) is 5.74. The topological polar surface area (TPSA) is 52.0 Å². The van der Waals surface area contributed by atoms with Crippen LogP contribution < -0.4 is 11.5 Å². The highest BCUT2D eigenvalue weighted by atomic mass is 79.9. The van der Waals surface area contributed by atoms with Gasteiger partial charge in [-0.1, -0.05) is 22.0 Å². The van der Waals surface area contributed by atoms with Gasteiger partial charge in [0.05, 0.1) is 5.69 Å². The highest BCUT2D eigenvalue weighted by Gasteiger charge is 2.09. The van der Waals surface area contributed by atoms with Crippen molar-refractivity contribution >= 4 is 50.0 Å². The third kappa shape index (κ3) is 2.98. The summed E-state index contributed by atoms with van der Waals surface area (Å²) < 4.78 is 1.79. The zero-order valence-electron chi connectivity index (χ0n) is 7.34. The van der Waals surface area contributed by atoms with Gasteiger partial charge in [-0.25, -0.2) is 0 Å². The van der Waals surface area contributed by atoms with Crippen molar-refractivity contribution < 1.29 is 0 Å². The number of hydrogen-bond donors (Lipinski definition) is 2. The van der Waals surface area contributed by atoms with Crippen LogP contribution in [0.3, 0.4) is 0 Å². The maximum Gasteiger partial charge on any atom is 0.0510 e. The molecular formula is C9H11Br2ClN2. The van der Waals surface area contributed by atoms with E-state index in [1.54, 1.807) is 6.08 Å². The molecule has 1 rings (SSSR count). The number of hydrogen-bond acceptors (Lipinski definition) is 2. The van der Waals surface area contributed by atoms with Crippen LogP contribution in [-0.2, 0) is 0 Å². The molecule has 0 radical (unpaired) electrons. The van der Waals surface area contributed by atoms with E-state index in [-0.39, 0.29) is 18.4 Å². The third-order valence-electron chi connectivity index (χ3n) is 1.74. The van der Waals surface area contributed by atoms with Crippen LogP contribution in [0, 0.1) is 0 Å². The summed E-state index contributed by atoms with van der Waals surface area (Å²) in [6, 6.07) is 3.55. The molecule has 0 amide bonds. The van der Waals surface area contributed by atoms with Crippen molar-refractivity contribution in [1.82, 2.24) is 0 Å². The van der Waals surface area contributed by atoms with Gasteiger partial charge in [0.25, 0.3) is 0 Å². The Hall–Kier alpha value is -0.0300. The van der Waals surface area contributed by atoms with Crippen LogP contribution in [0.15, 0.2) is 33.7 Å². The molecule has 0 saturated heterocycles. The summed E-state index contributed by atoms with van der Waals surface area (Å²) >= 11 is 6.72. The summed E-state index contributed by atoms with van der Waals surface area (Å²) in [5.74, 6) is 0. The zero-order chi connectivity index (χ0) is 10.0. The monoisotopic (exact) mass is 340 g/mol. The summed E-state index contributed by atoms with van der Waals surface area (Å²) in [5.41, 5.74) is 13.2. The number of anilines is 1. The number of nitrogen functional groups attached to an aromatic ring is 1.